The normalized spacial score (nSPS) is 30.7. The van der Waals surface area contributed by atoms with E-state index in [9.17, 15) is 14.4 Å². The number of aromatic nitrogens is 2. The van der Waals surface area contributed by atoms with Gasteiger partial charge in [-0.3, -0.25) is 9.69 Å². The minimum absolute atomic E-state index is 0.0897. The molecule has 43 heavy (non-hydrogen) atoms. The molecule has 0 saturated carbocycles. The Morgan fingerprint density at radius 3 is 2.72 bits per heavy atom. The summed E-state index contributed by atoms with van der Waals surface area (Å²) in [7, 11) is 0. The summed E-state index contributed by atoms with van der Waals surface area (Å²) in [5, 5.41) is 10.6. The molecular weight excluding hydrogens is 567 g/mol. The summed E-state index contributed by atoms with van der Waals surface area (Å²) in [4.78, 5) is 32.1. The third kappa shape index (κ3) is 4.14. The maximum absolute atomic E-state index is 14.5. The Morgan fingerprint density at radius 1 is 1.16 bits per heavy atom. The van der Waals surface area contributed by atoms with Crippen molar-refractivity contribution in [3.63, 3.8) is 0 Å². The molecule has 5 fully saturated rings. The lowest BCUT2D eigenvalue weighted by Crippen LogP contribution is -2.62. The molecule has 0 bridgehead atoms. The van der Waals surface area contributed by atoms with Gasteiger partial charge in [-0.2, -0.15) is 15.2 Å². The average Bonchev–Trinajstić information content (AvgIpc) is 3.70. The molecule has 3 atom stereocenters. The van der Waals surface area contributed by atoms with E-state index in [0.717, 1.165) is 94.9 Å². The molecule has 0 unspecified atom stereocenters. The second-order valence-corrected chi connectivity index (χ2v) is 14.9. The minimum atomic E-state index is -0.818. The van der Waals surface area contributed by atoms with Gasteiger partial charge in [0, 0.05) is 69.0 Å². The summed E-state index contributed by atoms with van der Waals surface area (Å²) < 4.78 is 20.9. The first kappa shape index (κ1) is 27.4. The number of nitrogen functional groups attached to an aromatic ring is 1. The first-order chi connectivity index (χ1) is 20.7. The summed E-state index contributed by atoms with van der Waals surface area (Å²) in [6, 6.07) is 4.80. The number of nitrogens with zero attached hydrogens (tertiary/aromatic N) is 7. The molecule has 7 heterocycles. The lowest BCUT2D eigenvalue weighted by Gasteiger charge is -2.54. The van der Waals surface area contributed by atoms with Gasteiger partial charge in [-0.25, -0.2) is 4.39 Å². The van der Waals surface area contributed by atoms with Gasteiger partial charge >= 0.3 is 6.01 Å². The number of hydrogen-bond acceptors (Lipinski definition) is 10. The molecule has 6 aliphatic rings. The summed E-state index contributed by atoms with van der Waals surface area (Å²) in [5.74, 6) is 1.76. The third-order valence-corrected chi connectivity index (χ3v) is 12.4. The Morgan fingerprint density at radius 2 is 1.98 bits per heavy atom. The van der Waals surface area contributed by atoms with Crippen molar-refractivity contribution in [2.45, 2.75) is 81.0 Å². The molecule has 0 aromatic carbocycles. The van der Waals surface area contributed by atoms with Crippen LogP contribution in [0.2, 0.25) is 0 Å². The molecule has 2 aromatic rings. The van der Waals surface area contributed by atoms with Crippen molar-refractivity contribution >= 4 is 33.9 Å². The second-order valence-electron chi connectivity index (χ2n) is 13.8. The maximum atomic E-state index is 14.5. The van der Waals surface area contributed by atoms with E-state index in [1.165, 1.54) is 4.88 Å². The van der Waals surface area contributed by atoms with E-state index in [4.69, 9.17) is 20.4 Å². The van der Waals surface area contributed by atoms with Crippen LogP contribution < -0.4 is 20.3 Å². The summed E-state index contributed by atoms with van der Waals surface area (Å²) >= 11 is 1.57. The van der Waals surface area contributed by atoms with E-state index in [0.29, 0.717) is 42.7 Å². The molecular formula is C31H39FN8O2S. The summed E-state index contributed by atoms with van der Waals surface area (Å²) in [5.41, 5.74) is 7.62. The number of alkyl halides is 1. The topological polar surface area (TPSA) is 115 Å². The molecule has 2 spiro atoms. The third-order valence-electron chi connectivity index (χ3n) is 11.4. The van der Waals surface area contributed by atoms with Crippen molar-refractivity contribution in [2.24, 2.45) is 0 Å². The zero-order chi connectivity index (χ0) is 29.6. The van der Waals surface area contributed by atoms with Crippen LogP contribution in [0.3, 0.4) is 0 Å². The fourth-order valence-corrected chi connectivity index (χ4v) is 10.3. The van der Waals surface area contributed by atoms with E-state index in [-0.39, 0.29) is 22.4 Å². The number of rotatable bonds is 5. The number of aryl methyl sites for hydroxylation is 1. The van der Waals surface area contributed by atoms with Crippen LogP contribution in [0.4, 0.5) is 21.0 Å². The van der Waals surface area contributed by atoms with Crippen molar-refractivity contribution in [1.29, 1.82) is 5.26 Å². The van der Waals surface area contributed by atoms with Gasteiger partial charge in [0.25, 0.3) is 0 Å². The number of anilines is 3. The highest BCUT2D eigenvalue weighted by Gasteiger charge is 2.53. The molecule has 1 aliphatic carbocycles. The zero-order valence-corrected chi connectivity index (χ0v) is 25.6. The second kappa shape index (κ2) is 9.66. The number of halogens is 1. The van der Waals surface area contributed by atoms with Crippen LogP contribution in [0.15, 0.2) is 6.07 Å². The Bertz CT molecular complexity index is 1520. The SMILES string of the molecule is CC(=O)N1CC[C@]2(CCN2c2cc(N3CC4(CCCc5sc(N)c(C#N)c54)C3)nc(OC[C@@]34CCCN3C[C@H](F)C4)n2)C1. The quantitative estimate of drug-likeness (QED) is 0.548. The number of carbonyl (C=O) groups excluding carboxylic acids is 1. The van der Waals surface area contributed by atoms with Crippen LogP contribution in [0, 0.1) is 11.3 Å². The molecule has 8 rings (SSSR count). The number of carbonyl (C=O) groups is 1. The molecule has 12 heteroatoms. The number of amides is 1. The highest BCUT2D eigenvalue weighted by atomic mass is 32.1. The molecule has 1 amide bonds. The minimum Gasteiger partial charge on any atom is -0.461 e. The van der Waals surface area contributed by atoms with Crippen LogP contribution >= 0.6 is 11.3 Å². The van der Waals surface area contributed by atoms with Gasteiger partial charge < -0.3 is 25.2 Å². The Labute approximate surface area is 255 Å². The lowest BCUT2D eigenvalue weighted by atomic mass is 9.66. The van der Waals surface area contributed by atoms with Crippen molar-refractivity contribution in [2.75, 3.05) is 68.0 Å². The summed E-state index contributed by atoms with van der Waals surface area (Å²) in [6.45, 7) is 7.29. The smallest absolute Gasteiger partial charge is 0.320 e. The number of fused-ring (bicyclic) bond motifs is 3. The van der Waals surface area contributed by atoms with Crippen LogP contribution in [-0.4, -0.2) is 95.3 Å². The van der Waals surface area contributed by atoms with E-state index >= 15 is 0 Å². The number of nitriles is 1. The predicted molar refractivity (Wildman–Crippen MR) is 162 cm³/mol. The van der Waals surface area contributed by atoms with Crippen molar-refractivity contribution in [1.82, 2.24) is 19.8 Å². The average molecular weight is 607 g/mol. The van der Waals surface area contributed by atoms with E-state index < -0.39 is 6.17 Å². The molecule has 2 aromatic heterocycles. The van der Waals surface area contributed by atoms with Gasteiger partial charge in [0.1, 0.15) is 35.5 Å². The number of ether oxygens (including phenoxy) is 1. The van der Waals surface area contributed by atoms with Crippen LogP contribution in [0.25, 0.3) is 0 Å². The fourth-order valence-electron chi connectivity index (χ4n) is 9.08. The molecule has 228 valence electrons. The molecule has 5 saturated heterocycles. The molecule has 10 nitrogen and oxygen atoms in total. The first-order valence-electron chi connectivity index (χ1n) is 15.7. The lowest BCUT2D eigenvalue weighted by molar-refractivity contribution is -0.128. The van der Waals surface area contributed by atoms with Gasteiger partial charge in [-0.1, -0.05) is 0 Å². The largest absolute Gasteiger partial charge is 0.461 e. The number of thiophene rings is 1. The van der Waals surface area contributed by atoms with Gasteiger partial charge in [0.15, 0.2) is 0 Å². The molecule has 5 aliphatic heterocycles. The van der Waals surface area contributed by atoms with Gasteiger partial charge in [-0.05, 0) is 57.1 Å². The van der Waals surface area contributed by atoms with Gasteiger partial charge in [0.2, 0.25) is 5.91 Å². The van der Waals surface area contributed by atoms with Crippen molar-refractivity contribution in [3.05, 3.63) is 22.1 Å². The first-order valence-corrected chi connectivity index (χ1v) is 16.6. The van der Waals surface area contributed by atoms with Gasteiger partial charge in [0.05, 0.1) is 16.6 Å². The predicted octanol–water partition coefficient (Wildman–Crippen LogP) is 3.24. The Kier molecular flexibility index (Phi) is 6.15. The van der Waals surface area contributed by atoms with Crippen LogP contribution in [-0.2, 0) is 16.6 Å². The van der Waals surface area contributed by atoms with Crippen LogP contribution in [0.1, 0.15) is 67.9 Å². The zero-order valence-electron chi connectivity index (χ0n) is 24.8. The number of hydrogen-bond donors (Lipinski definition) is 1. The van der Waals surface area contributed by atoms with Crippen molar-refractivity contribution < 1.29 is 13.9 Å². The summed E-state index contributed by atoms with van der Waals surface area (Å²) in [6.07, 6.45) is 6.71. The monoisotopic (exact) mass is 606 g/mol. The van der Waals surface area contributed by atoms with E-state index in [1.807, 2.05) is 4.90 Å². The van der Waals surface area contributed by atoms with E-state index in [1.54, 1.807) is 18.3 Å². The number of likely N-dealkylation sites (tertiary alicyclic amines) is 1. The van der Waals surface area contributed by atoms with Crippen molar-refractivity contribution in [3.8, 4) is 12.1 Å². The highest BCUT2D eigenvalue weighted by Crippen LogP contribution is 2.51. The fraction of sp³-hybridized carbons (Fsp3) is 0.677. The van der Waals surface area contributed by atoms with E-state index in [2.05, 4.69) is 26.8 Å². The maximum Gasteiger partial charge on any atom is 0.320 e. The standard InChI is InChI=1S/C31H39FN8O2S/c1-20(41)37-10-7-30(18-37)8-11-40(30)25-12-24(35-28(36-25)42-19-31-6-3-9-39(31)15-21(32)13-31)38-16-29(17-38)5-2-4-23-26(29)22(14-33)27(34)43-23/h12,21H,2-11,13,15-19,34H2,1H3/t21-,30+,31+/m1/s1. The molecule has 0 radical (unpaired) electrons. The number of nitrogens with two attached hydrogens (primary N) is 1. The molecule has 2 N–H and O–H groups in total. The van der Waals surface area contributed by atoms with Crippen LogP contribution in [0.5, 0.6) is 6.01 Å². The highest BCUT2D eigenvalue weighted by molar-refractivity contribution is 7.16. The van der Waals surface area contributed by atoms with Gasteiger partial charge in [-0.15, -0.1) is 11.3 Å². The Balaban J connectivity index is 1.10. The Hall–Kier alpha value is -3.17.